The number of Topliss-reactive ketones (excluding diaryl/α,β-unsaturated/α-hetero) is 1. The van der Waals surface area contributed by atoms with Crippen LogP contribution in [0, 0.1) is 13.8 Å². The van der Waals surface area contributed by atoms with Gasteiger partial charge in [-0.2, -0.15) is 0 Å². The molecule has 2 aromatic heterocycles. The van der Waals surface area contributed by atoms with E-state index in [9.17, 15) is 4.79 Å². The van der Waals surface area contributed by atoms with Crippen molar-refractivity contribution in [3.05, 3.63) is 63.7 Å². The van der Waals surface area contributed by atoms with E-state index in [0.29, 0.717) is 24.3 Å². The third-order valence-corrected chi connectivity index (χ3v) is 7.35. The van der Waals surface area contributed by atoms with E-state index in [2.05, 4.69) is 19.3 Å². The number of rotatable bonds is 8. The molecule has 30 heavy (non-hydrogen) atoms. The standard InChI is InChI=1S/C23H25ClN4OS/c1-14-11-19(15(2)27(14)12-17-5-3-4-6-20(17)24)21(29)13-30-23-26-25-22(16-7-8-16)28(23)18-9-10-18/h3-6,11,16,18H,7-10,12-13H2,1-2H3. The Morgan fingerprint density at radius 1 is 1.17 bits per heavy atom. The Labute approximate surface area is 185 Å². The van der Waals surface area contributed by atoms with E-state index in [1.807, 2.05) is 44.2 Å². The molecule has 0 amide bonds. The van der Waals surface area contributed by atoms with Crippen molar-refractivity contribution in [1.82, 2.24) is 19.3 Å². The first-order valence-corrected chi connectivity index (χ1v) is 11.9. The zero-order valence-electron chi connectivity index (χ0n) is 17.3. The number of hydrogen-bond donors (Lipinski definition) is 0. The third-order valence-electron chi connectivity index (χ3n) is 6.04. The predicted molar refractivity (Wildman–Crippen MR) is 120 cm³/mol. The summed E-state index contributed by atoms with van der Waals surface area (Å²) in [5.74, 6) is 2.22. The smallest absolute Gasteiger partial charge is 0.191 e. The molecule has 7 heteroatoms. The molecule has 2 heterocycles. The summed E-state index contributed by atoms with van der Waals surface area (Å²) in [5.41, 5.74) is 3.89. The lowest BCUT2D eigenvalue weighted by Gasteiger charge is -2.11. The van der Waals surface area contributed by atoms with E-state index >= 15 is 0 Å². The zero-order chi connectivity index (χ0) is 20.8. The van der Waals surface area contributed by atoms with Crippen LogP contribution in [0.1, 0.15) is 70.8 Å². The number of carbonyl (C=O) groups is 1. The van der Waals surface area contributed by atoms with E-state index in [0.717, 1.165) is 38.5 Å². The van der Waals surface area contributed by atoms with E-state index in [4.69, 9.17) is 11.6 Å². The van der Waals surface area contributed by atoms with Crippen LogP contribution in [-0.2, 0) is 6.54 Å². The molecule has 0 saturated heterocycles. The number of halogens is 1. The van der Waals surface area contributed by atoms with Gasteiger partial charge in [-0.05, 0) is 57.2 Å². The fraction of sp³-hybridized carbons (Fsp3) is 0.435. The summed E-state index contributed by atoms with van der Waals surface area (Å²) in [7, 11) is 0. The SMILES string of the molecule is Cc1cc(C(=O)CSc2nnc(C3CC3)n2C2CC2)c(C)n1Cc1ccccc1Cl. The Balaban J connectivity index is 1.32. The van der Waals surface area contributed by atoms with Crippen LogP contribution in [0.25, 0.3) is 0 Å². The first-order chi connectivity index (χ1) is 14.5. The van der Waals surface area contributed by atoms with Crippen molar-refractivity contribution in [3.8, 4) is 0 Å². The van der Waals surface area contributed by atoms with Crippen molar-refractivity contribution in [1.29, 1.82) is 0 Å². The van der Waals surface area contributed by atoms with Crippen molar-refractivity contribution >= 4 is 29.1 Å². The molecule has 0 atom stereocenters. The van der Waals surface area contributed by atoms with Gasteiger partial charge in [-0.3, -0.25) is 4.79 Å². The van der Waals surface area contributed by atoms with E-state index in [-0.39, 0.29) is 5.78 Å². The van der Waals surface area contributed by atoms with Crippen molar-refractivity contribution in [3.63, 3.8) is 0 Å². The first-order valence-electron chi connectivity index (χ1n) is 10.5. The Kier molecular flexibility index (Phi) is 5.23. The highest BCUT2D eigenvalue weighted by atomic mass is 35.5. The van der Waals surface area contributed by atoms with E-state index in [1.54, 1.807) is 0 Å². The largest absolute Gasteiger partial charge is 0.344 e. The fourth-order valence-electron chi connectivity index (χ4n) is 4.01. The van der Waals surface area contributed by atoms with Crippen LogP contribution in [0.2, 0.25) is 5.02 Å². The molecule has 156 valence electrons. The minimum atomic E-state index is 0.136. The summed E-state index contributed by atoms with van der Waals surface area (Å²) in [6.07, 6.45) is 4.82. The van der Waals surface area contributed by atoms with E-state index in [1.165, 1.54) is 37.4 Å². The molecule has 0 radical (unpaired) electrons. The molecular formula is C23H25ClN4OS. The molecule has 0 unspecified atom stereocenters. The van der Waals surface area contributed by atoms with Crippen LogP contribution in [0.5, 0.6) is 0 Å². The van der Waals surface area contributed by atoms with Crippen molar-refractivity contribution in [2.24, 2.45) is 0 Å². The number of carbonyl (C=O) groups excluding carboxylic acids is 1. The Morgan fingerprint density at radius 3 is 2.63 bits per heavy atom. The number of thioether (sulfide) groups is 1. The number of ketones is 1. The van der Waals surface area contributed by atoms with Gasteiger partial charge in [-0.1, -0.05) is 41.6 Å². The molecule has 0 spiro atoms. The molecular weight excluding hydrogens is 416 g/mol. The maximum absolute atomic E-state index is 13.1. The Morgan fingerprint density at radius 2 is 1.93 bits per heavy atom. The number of aromatic nitrogens is 4. The molecule has 0 aliphatic heterocycles. The van der Waals surface area contributed by atoms with Crippen LogP contribution in [0.4, 0.5) is 0 Å². The van der Waals surface area contributed by atoms with Gasteiger partial charge in [0.15, 0.2) is 10.9 Å². The van der Waals surface area contributed by atoms with Crippen molar-refractivity contribution in [2.45, 2.75) is 63.2 Å². The third kappa shape index (κ3) is 3.83. The van der Waals surface area contributed by atoms with Gasteiger partial charge in [0.25, 0.3) is 0 Å². The topological polar surface area (TPSA) is 52.7 Å². The summed E-state index contributed by atoms with van der Waals surface area (Å²) in [6, 6.07) is 10.4. The summed E-state index contributed by atoms with van der Waals surface area (Å²) < 4.78 is 4.47. The first kappa shape index (κ1) is 19.9. The van der Waals surface area contributed by atoms with Crippen LogP contribution < -0.4 is 0 Å². The van der Waals surface area contributed by atoms with Crippen LogP contribution >= 0.6 is 23.4 Å². The average molecular weight is 441 g/mol. The lowest BCUT2D eigenvalue weighted by atomic mass is 10.2. The van der Waals surface area contributed by atoms with Gasteiger partial charge in [-0.25, -0.2) is 0 Å². The Hall–Kier alpha value is -2.05. The molecule has 2 fully saturated rings. The maximum atomic E-state index is 13.1. The molecule has 2 aliphatic rings. The van der Waals surface area contributed by atoms with Gasteiger partial charge in [0, 0.05) is 40.5 Å². The second-order valence-corrected chi connectivity index (χ2v) is 9.74. The summed E-state index contributed by atoms with van der Waals surface area (Å²) in [5, 5.41) is 10.5. The van der Waals surface area contributed by atoms with Crippen LogP contribution in [0.3, 0.4) is 0 Å². The van der Waals surface area contributed by atoms with E-state index < -0.39 is 0 Å². The lowest BCUT2D eigenvalue weighted by molar-refractivity contribution is 0.102. The monoisotopic (exact) mass is 440 g/mol. The number of aryl methyl sites for hydroxylation is 1. The lowest BCUT2D eigenvalue weighted by Crippen LogP contribution is -2.09. The number of hydrogen-bond acceptors (Lipinski definition) is 4. The van der Waals surface area contributed by atoms with Gasteiger partial charge in [0.05, 0.1) is 5.75 Å². The summed E-state index contributed by atoms with van der Waals surface area (Å²) in [6.45, 7) is 4.72. The highest BCUT2D eigenvalue weighted by molar-refractivity contribution is 7.99. The molecule has 0 N–H and O–H groups in total. The number of benzene rings is 1. The van der Waals surface area contributed by atoms with Gasteiger partial charge < -0.3 is 9.13 Å². The summed E-state index contributed by atoms with van der Waals surface area (Å²) in [4.78, 5) is 13.1. The van der Waals surface area contributed by atoms with Gasteiger partial charge in [0.2, 0.25) is 0 Å². The predicted octanol–water partition coefficient (Wildman–Crippen LogP) is 5.59. The minimum Gasteiger partial charge on any atom is -0.344 e. The molecule has 5 rings (SSSR count). The Bertz CT molecular complexity index is 1110. The second-order valence-electron chi connectivity index (χ2n) is 8.39. The van der Waals surface area contributed by atoms with Crippen LogP contribution in [0.15, 0.2) is 35.5 Å². The van der Waals surface area contributed by atoms with Crippen molar-refractivity contribution in [2.75, 3.05) is 5.75 Å². The summed E-state index contributed by atoms with van der Waals surface area (Å²) >= 11 is 7.86. The van der Waals surface area contributed by atoms with Gasteiger partial charge in [-0.15, -0.1) is 10.2 Å². The highest BCUT2D eigenvalue weighted by Gasteiger charge is 2.36. The molecule has 2 saturated carbocycles. The van der Waals surface area contributed by atoms with Crippen LogP contribution in [-0.4, -0.2) is 30.9 Å². The molecule has 3 aromatic rings. The normalized spacial score (nSPS) is 16.2. The molecule has 5 nitrogen and oxygen atoms in total. The quantitative estimate of drug-likeness (QED) is 0.338. The highest BCUT2D eigenvalue weighted by Crippen LogP contribution is 2.46. The second kappa shape index (κ2) is 7.89. The fourth-order valence-corrected chi connectivity index (χ4v) is 5.11. The molecule has 2 aliphatic carbocycles. The average Bonchev–Trinajstić information content (AvgIpc) is 3.67. The molecule has 1 aromatic carbocycles. The van der Waals surface area contributed by atoms with Crippen molar-refractivity contribution < 1.29 is 4.79 Å². The van der Waals surface area contributed by atoms with Gasteiger partial charge in [0.1, 0.15) is 5.82 Å². The van der Waals surface area contributed by atoms with Gasteiger partial charge >= 0.3 is 0 Å². The zero-order valence-corrected chi connectivity index (χ0v) is 18.8. The number of nitrogens with zero attached hydrogens (tertiary/aromatic N) is 4. The minimum absolute atomic E-state index is 0.136. The molecule has 0 bridgehead atoms. The maximum Gasteiger partial charge on any atom is 0.191 e.